The number of nitrogens with one attached hydrogen (secondary N) is 1. The number of halogens is 2. The van der Waals surface area contributed by atoms with Crippen molar-refractivity contribution in [3.8, 4) is 11.5 Å². The van der Waals surface area contributed by atoms with Gasteiger partial charge in [0.2, 0.25) is 0 Å². The molecule has 1 atom stereocenters. The third-order valence-electron chi connectivity index (χ3n) is 3.45. The molecule has 1 N–H and O–H groups in total. The minimum absolute atomic E-state index is 0.0746. The van der Waals surface area contributed by atoms with E-state index in [2.05, 4.69) is 10.1 Å². The van der Waals surface area contributed by atoms with Crippen LogP contribution in [0.5, 0.6) is 11.5 Å². The summed E-state index contributed by atoms with van der Waals surface area (Å²) in [4.78, 5) is 23.8. The topological polar surface area (TPSA) is 73.9 Å². The first-order valence-corrected chi connectivity index (χ1v) is 7.92. The van der Waals surface area contributed by atoms with E-state index < -0.39 is 23.8 Å². The van der Waals surface area contributed by atoms with Gasteiger partial charge in [0.25, 0.3) is 5.91 Å². The van der Waals surface area contributed by atoms with Crippen molar-refractivity contribution in [1.82, 2.24) is 0 Å². The van der Waals surface area contributed by atoms with Crippen molar-refractivity contribution in [2.24, 2.45) is 0 Å². The van der Waals surface area contributed by atoms with Gasteiger partial charge in [-0.15, -0.1) is 0 Å². The van der Waals surface area contributed by atoms with Gasteiger partial charge >= 0.3 is 5.97 Å². The maximum atomic E-state index is 13.1. The summed E-state index contributed by atoms with van der Waals surface area (Å²) in [6, 6.07) is 8.07. The Morgan fingerprint density at radius 3 is 2.46 bits per heavy atom. The Labute approximate surface area is 154 Å². The van der Waals surface area contributed by atoms with E-state index in [1.807, 2.05) is 0 Å². The van der Waals surface area contributed by atoms with Gasteiger partial charge in [-0.25, -0.2) is 9.18 Å². The number of carbonyl (C=O) groups excluding carboxylic acids is 2. The molecule has 0 unspecified atom stereocenters. The fourth-order valence-electron chi connectivity index (χ4n) is 2.08. The number of esters is 1. The summed E-state index contributed by atoms with van der Waals surface area (Å²) in [5.74, 6) is -0.975. The van der Waals surface area contributed by atoms with Gasteiger partial charge in [0.1, 0.15) is 5.82 Å². The van der Waals surface area contributed by atoms with E-state index in [9.17, 15) is 14.0 Å². The van der Waals surface area contributed by atoms with E-state index >= 15 is 0 Å². The highest BCUT2D eigenvalue weighted by molar-refractivity contribution is 6.33. The number of benzene rings is 2. The summed E-state index contributed by atoms with van der Waals surface area (Å²) in [5, 5.41) is 2.63. The number of carbonyl (C=O) groups is 2. The van der Waals surface area contributed by atoms with Gasteiger partial charge in [0.05, 0.1) is 30.5 Å². The molecule has 2 rings (SSSR count). The largest absolute Gasteiger partial charge is 0.493 e. The third kappa shape index (κ3) is 4.64. The minimum Gasteiger partial charge on any atom is -0.493 e. The summed E-state index contributed by atoms with van der Waals surface area (Å²) >= 11 is 5.89. The molecular formula is C18H17ClFNO5. The molecule has 0 saturated carbocycles. The lowest BCUT2D eigenvalue weighted by Crippen LogP contribution is -2.30. The molecule has 0 heterocycles. The first kappa shape index (κ1) is 19.5. The van der Waals surface area contributed by atoms with Gasteiger partial charge in [0.15, 0.2) is 17.6 Å². The molecule has 26 heavy (non-hydrogen) atoms. The molecule has 6 nitrogen and oxygen atoms in total. The SMILES string of the molecule is COC(=O)c1ccc(O[C@H](C)C(=O)Nc2ccc(F)cc2Cl)c(OC)c1. The maximum Gasteiger partial charge on any atom is 0.337 e. The number of amides is 1. The molecule has 1 amide bonds. The van der Waals surface area contributed by atoms with Crippen molar-refractivity contribution in [3.63, 3.8) is 0 Å². The monoisotopic (exact) mass is 381 g/mol. The lowest BCUT2D eigenvalue weighted by Gasteiger charge is -2.17. The number of methoxy groups -OCH3 is 2. The molecule has 0 aliphatic carbocycles. The number of rotatable bonds is 6. The highest BCUT2D eigenvalue weighted by Crippen LogP contribution is 2.30. The van der Waals surface area contributed by atoms with Crippen molar-refractivity contribution < 1.29 is 28.2 Å². The van der Waals surface area contributed by atoms with Gasteiger partial charge in [-0.05, 0) is 43.3 Å². The molecular weight excluding hydrogens is 365 g/mol. The van der Waals surface area contributed by atoms with Crippen LogP contribution < -0.4 is 14.8 Å². The smallest absolute Gasteiger partial charge is 0.337 e. The van der Waals surface area contributed by atoms with Gasteiger partial charge in [-0.1, -0.05) is 11.6 Å². The zero-order chi connectivity index (χ0) is 19.3. The van der Waals surface area contributed by atoms with Crippen LogP contribution in [0, 0.1) is 5.82 Å². The number of anilines is 1. The molecule has 138 valence electrons. The van der Waals surface area contributed by atoms with Crippen LogP contribution in [0.4, 0.5) is 10.1 Å². The van der Waals surface area contributed by atoms with Gasteiger partial charge in [-0.3, -0.25) is 4.79 Å². The standard InChI is InChI=1S/C18H17ClFNO5/c1-10(17(22)21-14-6-5-12(20)9-13(14)19)26-15-7-4-11(18(23)25-3)8-16(15)24-2/h4-10H,1-3H3,(H,21,22)/t10-/m1/s1. The second-order valence-electron chi connectivity index (χ2n) is 5.23. The van der Waals surface area contributed by atoms with E-state index in [0.29, 0.717) is 0 Å². The van der Waals surface area contributed by atoms with Crippen molar-refractivity contribution >= 4 is 29.2 Å². The average Bonchev–Trinajstić information content (AvgIpc) is 2.63. The molecule has 2 aromatic carbocycles. The van der Waals surface area contributed by atoms with Crippen LogP contribution in [0.15, 0.2) is 36.4 Å². The lowest BCUT2D eigenvalue weighted by molar-refractivity contribution is -0.122. The molecule has 0 aliphatic rings. The van der Waals surface area contributed by atoms with Crippen LogP contribution in [-0.2, 0) is 9.53 Å². The maximum absolute atomic E-state index is 13.1. The molecule has 0 radical (unpaired) electrons. The zero-order valence-electron chi connectivity index (χ0n) is 14.3. The lowest BCUT2D eigenvalue weighted by atomic mass is 10.2. The second kappa shape index (κ2) is 8.53. The summed E-state index contributed by atoms with van der Waals surface area (Å²) in [5.41, 5.74) is 0.549. The summed E-state index contributed by atoms with van der Waals surface area (Å²) in [6.07, 6.45) is -0.908. The van der Waals surface area contributed by atoms with Gasteiger partial charge in [-0.2, -0.15) is 0 Å². The van der Waals surface area contributed by atoms with Crippen molar-refractivity contribution in [1.29, 1.82) is 0 Å². The first-order chi connectivity index (χ1) is 12.3. The quantitative estimate of drug-likeness (QED) is 0.773. The molecule has 0 saturated heterocycles. The van der Waals surface area contributed by atoms with Crippen LogP contribution in [-0.4, -0.2) is 32.2 Å². The fraction of sp³-hybridized carbons (Fsp3) is 0.222. The summed E-state index contributed by atoms with van der Waals surface area (Å²) in [7, 11) is 2.68. The van der Waals surface area contributed by atoms with Crippen LogP contribution in [0.25, 0.3) is 0 Å². The summed E-state index contributed by atoms with van der Waals surface area (Å²) in [6.45, 7) is 1.53. The second-order valence-corrected chi connectivity index (χ2v) is 5.64. The minimum atomic E-state index is -0.908. The highest BCUT2D eigenvalue weighted by atomic mass is 35.5. The average molecular weight is 382 g/mol. The van der Waals surface area contributed by atoms with Crippen LogP contribution in [0.3, 0.4) is 0 Å². The van der Waals surface area contributed by atoms with E-state index in [-0.39, 0.29) is 27.8 Å². The highest BCUT2D eigenvalue weighted by Gasteiger charge is 2.19. The molecule has 0 spiro atoms. The van der Waals surface area contributed by atoms with Crippen LogP contribution in [0.2, 0.25) is 5.02 Å². The molecule has 0 aliphatic heterocycles. The number of hydrogen-bond donors (Lipinski definition) is 1. The molecule has 2 aromatic rings. The Morgan fingerprint density at radius 1 is 1.12 bits per heavy atom. The molecule has 0 fully saturated rings. The Morgan fingerprint density at radius 2 is 1.85 bits per heavy atom. The van der Waals surface area contributed by atoms with Crippen molar-refractivity contribution in [3.05, 3.63) is 52.8 Å². The summed E-state index contributed by atoms with van der Waals surface area (Å²) < 4.78 is 28.5. The Kier molecular flexibility index (Phi) is 6.41. The third-order valence-corrected chi connectivity index (χ3v) is 3.76. The molecule has 0 bridgehead atoms. The van der Waals surface area contributed by atoms with E-state index in [4.69, 9.17) is 21.1 Å². The number of ether oxygens (including phenoxy) is 3. The van der Waals surface area contributed by atoms with E-state index in [0.717, 1.165) is 6.07 Å². The fourth-order valence-corrected chi connectivity index (χ4v) is 2.29. The first-order valence-electron chi connectivity index (χ1n) is 7.54. The zero-order valence-corrected chi connectivity index (χ0v) is 15.1. The predicted octanol–water partition coefficient (Wildman–Crippen LogP) is 3.68. The van der Waals surface area contributed by atoms with Crippen LogP contribution >= 0.6 is 11.6 Å². The Bertz CT molecular complexity index is 827. The Hall–Kier alpha value is -2.80. The van der Waals surface area contributed by atoms with E-state index in [1.165, 1.54) is 51.5 Å². The number of hydrogen-bond acceptors (Lipinski definition) is 5. The predicted molar refractivity (Wildman–Crippen MR) is 94.5 cm³/mol. The normalized spacial score (nSPS) is 11.4. The Balaban J connectivity index is 2.11. The van der Waals surface area contributed by atoms with E-state index in [1.54, 1.807) is 0 Å². The van der Waals surface area contributed by atoms with Crippen molar-refractivity contribution in [2.75, 3.05) is 19.5 Å². The molecule has 0 aromatic heterocycles. The van der Waals surface area contributed by atoms with Gasteiger partial charge < -0.3 is 19.5 Å². The van der Waals surface area contributed by atoms with Crippen LogP contribution in [0.1, 0.15) is 17.3 Å². The molecule has 8 heteroatoms. The van der Waals surface area contributed by atoms with Crippen molar-refractivity contribution in [2.45, 2.75) is 13.0 Å². The van der Waals surface area contributed by atoms with Gasteiger partial charge in [0, 0.05) is 0 Å².